The molecule has 1 unspecified atom stereocenters. The molecule has 0 spiro atoms. The molecule has 1 atom stereocenters. The topological polar surface area (TPSA) is 90.0 Å². The summed E-state index contributed by atoms with van der Waals surface area (Å²) in [5.41, 5.74) is 5.65. The number of terminal acetylenes is 1. The van der Waals surface area contributed by atoms with Gasteiger partial charge in [0.25, 0.3) is 0 Å². The van der Waals surface area contributed by atoms with Crippen LogP contribution < -0.4 is 10.5 Å². The van der Waals surface area contributed by atoms with Crippen molar-refractivity contribution < 1.29 is 8.42 Å². The van der Waals surface area contributed by atoms with E-state index in [0.29, 0.717) is 13.0 Å². The number of sulfonamides is 1. The zero-order valence-corrected chi connectivity index (χ0v) is 12.1. The summed E-state index contributed by atoms with van der Waals surface area (Å²) in [7, 11) is -3.72. The van der Waals surface area contributed by atoms with Crippen molar-refractivity contribution in [3.8, 4) is 12.3 Å². The fourth-order valence-electron chi connectivity index (χ4n) is 1.68. The van der Waals surface area contributed by atoms with Gasteiger partial charge in [0.2, 0.25) is 10.0 Å². The second-order valence-electron chi connectivity index (χ2n) is 4.27. The Hall–Kier alpha value is -1.52. The van der Waals surface area contributed by atoms with Crippen LogP contribution in [0.25, 0.3) is 0 Å². The number of nitrogens with zero attached hydrogens (tertiary/aromatic N) is 2. The lowest BCUT2D eigenvalue weighted by molar-refractivity contribution is 0.563. The maximum atomic E-state index is 12.2. The van der Waals surface area contributed by atoms with Gasteiger partial charge in [0.1, 0.15) is 4.90 Å². The number of aromatic nitrogens is 2. The van der Waals surface area contributed by atoms with E-state index in [1.165, 1.54) is 10.9 Å². The highest BCUT2D eigenvalue weighted by Crippen LogP contribution is 2.17. The lowest BCUT2D eigenvalue weighted by atomic mass is 10.2. The van der Waals surface area contributed by atoms with Crippen LogP contribution in [0, 0.1) is 12.3 Å². The molecule has 106 valence electrons. The summed E-state index contributed by atoms with van der Waals surface area (Å²) in [5.74, 6) is 2.42. The van der Waals surface area contributed by atoms with Gasteiger partial charge in [0.05, 0.1) is 6.04 Å². The second kappa shape index (κ2) is 6.59. The van der Waals surface area contributed by atoms with E-state index in [1.807, 2.05) is 13.8 Å². The molecule has 1 aromatic rings. The smallest absolute Gasteiger partial charge is 0.246 e. The predicted octanol–water partition coefficient (Wildman–Crippen LogP) is 0.956. The Kier molecular flexibility index (Phi) is 5.39. The highest BCUT2D eigenvalue weighted by Gasteiger charge is 2.23. The summed E-state index contributed by atoms with van der Waals surface area (Å²) in [5, 5.41) is 3.97. The molecule has 0 fully saturated rings. The average molecular weight is 284 g/mol. The SMILES string of the molecule is C#CC(CCC)NS(=O)(=O)c1cn(CCC)nc1N. The Balaban J connectivity index is 2.97. The van der Waals surface area contributed by atoms with E-state index >= 15 is 0 Å². The molecular formula is C12H20N4O2S. The molecule has 0 aromatic carbocycles. The molecule has 0 aliphatic rings. The first kappa shape index (κ1) is 15.5. The molecule has 0 bridgehead atoms. The van der Waals surface area contributed by atoms with Gasteiger partial charge in [-0.3, -0.25) is 4.68 Å². The van der Waals surface area contributed by atoms with Crippen molar-refractivity contribution in [2.75, 3.05) is 5.73 Å². The van der Waals surface area contributed by atoms with E-state index in [1.54, 1.807) is 0 Å². The van der Waals surface area contributed by atoms with Crippen LogP contribution in [0.4, 0.5) is 5.82 Å². The number of rotatable bonds is 7. The molecule has 1 heterocycles. The fourth-order valence-corrected chi connectivity index (χ4v) is 2.95. The molecule has 0 amide bonds. The third kappa shape index (κ3) is 3.98. The zero-order chi connectivity index (χ0) is 14.5. The molecule has 7 heteroatoms. The minimum absolute atomic E-state index is 0.00628. The van der Waals surface area contributed by atoms with Gasteiger partial charge < -0.3 is 5.73 Å². The lowest BCUT2D eigenvalue weighted by Crippen LogP contribution is -2.33. The lowest BCUT2D eigenvalue weighted by Gasteiger charge is -2.11. The number of anilines is 1. The fraction of sp³-hybridized carbons (Fsp3) is 0.583. The van der Waals surface area contributed by atoms with Crippen LogP contribution in [0.2, 0.25) is 0 Å². The van der Waals surface area contributed by atoms with Gasteiger partial charge in [-0.05, 0) is 12.8 Å². The summed E-state index contributed by atoms with van der Waals surface area (Å²) in [6.07, 6.45) is 8.96. The first-order chi connectivity index (χ1) is 8.94. The van der Waals surface area contributed by atoms with Gasteiger partial charge in [0.15, 0.2) is 5.82 Å². The van der Waals surface area contributed by atoms with E-state index in [9.17, 15) is 8.42 Å². The van der Waals surface area contributed by atoms with Crippen LogP contribution in [-0.2, 0) is 16.6 Å². The van der Waals surface area contributed by atoms with E-state index in [-0.39, 0.29) is 10.7 Å². The summed E-state index contributed by atoms with van der Waals surface area (Å²) < 4.78 is 28.3. The van der Waals surface area contributed by atoms with Gasteiger partial charge in [0, 0.05) is 12.7 Å². The molecule has 1 rings (SSSR count). The molecule has 0 radical (unpaired) electrons. The average Bonchev–Trinajstić information content (AvgIpc) is 2.71. The van der Waals surface area contributed by atoms with Crippen LogP contribution in [0.15, 0.2) is 11.1 Å². The Morgan fingerprint density at radius 3 is 2.74 bits per heavy atom. The van der Waals surface area contributed by atoms with E-state index in [0.717, 1.165) is 12.8 Å². The first-order valence-corrected chi connectivity index (χ1v) is 7.74. The molecule has 6 nitrogen and oxygen atoms in total. The van der Waals surface area contributed by atoms with Crippen molar-refractivity contribution in [3.05, 3.63) is 6.20 Å². The summed E-state index contributed by atoms with van der Waals surface area (Å²) in [6.45, 7) is 4.53. The maximum absolute atomic E-state index is 12.2. The zero-order valence-electron chi connectivity index (χ0n) is 11.3. The number of hydrogen-bond acceptors (Lipinski definition) is 4. The molecule has 0 aliphatic carbocycles. The Morgan fingerprint density at radius 1 is 1.53 bits per heavy atom. The van der Waals surface area contributed by atoms with Gasteiger partial charge in [-0.15, -0.1) is 6.42 Å². The molecular weight excluding hydrogens is 264 g/mol. The van der Waals surface area contributed by atoms with Gasteiger partial charge >= 0.3 is 0 Å². The van der Waals surface area contributed by atoms with E-state index < -0.39 is 16.1 Å². The van der Waals surface area contributed by atoms with Crippen molar-refractivity contribution in [1.82, 2.24) is 14.5 Å². The Morgan fingerprint density at radius 2 is 2.21 bits per heavy atom. The van der Waals surface area contributed by atoms with Crippen molar-refractivity contribution in [2.24, 2.45) is 0 Å². The summed E-state index contributed by atoms with van der Waals surface area (Å²) >= 11 is 0. The molecule has 1 aromatic heterocycles. The summed E-state index contributed by atoms with van der Waals surface area (Å²) in [4.78, 5) is -0.0164. The van der Waals surface area contributed by atoms with Crippen molar-refractivity contribution >= 4 is 15.8 Å². The number of hydrogen-bond donors (Lipinski definition) is 2. The highest BCUT2D eigenvalue weighted by atomic mass is 32.2. The normalized spacial score (nSPS) is 13.1. The second-order valence-corrected chi connectivity index (χ2v) is 5.95. The monoisotopic (exact) mass is 284 g/mol. The van der Waals surface area contributed by atoms with E-state index in [4.69, 9.17) is 12.2 Å². The van der Waals surface area contributed by atoms with Crippen LogP contribution in [-0.4, -0.2) is 24.2 Å². The van der Waals surface area contributed by atoms with Crippen LogP contribution >= 0.6 is 0 Å². The number of nitrogens with two attached hydrogens (primary N) is 1. The number of aryl methyl sites for hydroxylation is 1. The van der Waals surface area contributed by atoms with Crippen molar-refractivity contribution in [3.63, 3.8) is 0 Å². The molecule has 0 aliphatic heterocycles. The van der Waals surface area contributed by atoms with Crippen LogP contribution in [0.5, 0.6) is 0 Å². The largest absolute Gasteiger partial charge is 0.381 e. The number of nitrogens with one attached hydrogen (secondary N) is 1. The number of nitrogen functional groups attached to an aromatic ring is 1. The Bertz CT molecular complexity index is 557. The quantitative estimate of drug-likeness (QED) is 0.730. The molecule has 3 N–H and O–H groups in total. The minimum Gasteiger partial charge on any atom is -0.381 e. The molecule has 0 saturated heterocycles. The Labute approximate surface area is 114 Å². The van der Waals surface area contributed by atoms with Crippen LogP contribution in [0.1, 0.15) is 33.1 Å². The standard InChI is InChI=1S/C12H20N4O2S/c1-4-7-10(6-3)15-19(17,18)11-9-16(8-5-2)14-12(11)13/h3,9-10,15H,4-5,7-8H2,1-2H3,(H2,13,14). The minimum atomic E-state index is -3.72. The van der Waals surface area contributed by atoms with Crippen LogP contribution in [0.3, 0.4) is 0 Å². The van der Waals surface area contributed by atoms with E-state index in [2.05, 4.69) is 15.7 Å². The van der Waals surface area contributed by atoms with Gasteiger partial charge in [-0.1, -0.05) is 26.2 Å². The maximum Gasteiger partial charge on any atom is 0.246 e. The van der Waals surface area contributed by atoms with Crippen molar-refractivity contribution in [1.29, 1.82) is 0 Å². The predicted molar refractivity (Wildman–Crippen MR) is 74.8 cm³/mol. The third-order valence-corrected chi connectivity index (χ3v) is 4.06. The van der Waals surface area contributed by atoms with Gasteiger partial charge in [-0.25, -0.2) is 8.42 Å². The molecule has 0 saturated carbocycles. The van der Waals surface area contributed by atoms with Crippen molar-refractivity contribution in [2.45, 2.75) is 50.6 Å². The molecule has 19 heavy (non-hydrogen) atoms. The first-order valence-electron chi connectivity index (χ1n) is 6.26. The third-order valence-electron chi connectivity index (χ3n) is 2.57. The van der Waals surface area contributed by atoms with Gasteiger partial charge in [-0.2, -0.15) is 9.82 Å². The highest BCUT2D eigenvalue weighted by molar-refractivity contribution is 7.89. The summed E-state index contributed by atoms with van der Waals surface area (Å²) in [6, 6.07) is -0.524.